The Labute approximate surface area is 138 Å². The zero-order chi connectivity index (χ0) is 15.8. The fourth-order valence-corrected chi connectivity index (χ4v) is 4.46. The van der Waals surface area contributed by atoms with Crippen molar-refractivity contribution in [3.05, 3.63) is 16.9 Å². The summed E-state index contributed by atoms with van der Waals surface area (Å²) in [6.07, 6.45) is 6.71. The number of nitrogens with zero attached hydrogens (tertiary/aromatic N) is 2. The van der Waals surface area contributed by atoms with Crippen molar-refractivity contribution in [2.24, 2.45) is 18.0 Å². The second-order valence-electron chi connectivity index (χ2n) is 6.31. The number of hydrogen-bond donors (Lipinski definition) is 0. The van der Waals surface area contributed by atoms with Gasteiger partial charge in [0.1, 0.15) is 0 Å². The number of carbonyl (C=O) groups excluding carboxylic acids is 1. The van der Waals surface area contributed by atoms with Gasteiger partial charge in [-0.1, -0.05) is 37.0 Å². The maximum atomic E-state index is 12.2. The molecule has 0 unspecified atom stereocenters. The monoisotopic (exact) mass is 332 g/mol. The number of ether oxygens (including phenoxy) is 2. The van der Waals surface area contributed by atoms with Crippen LogP contribution in [0.15, 0.2) is 17.1 Å². The van der Waals surface area contributed by atoms with Crippen LogP contribution in [0, 0.1) is 5.92 Å². The standard InChI is InChI=1S/C17H20N2O3S/c1-19-12-8-13-14(22-10-21-13)9-15(12)23-17(19)18-16(20)7-6-11-4-2-3-5-11/h8-9,11H,2-7,10H2,1H3. The molecule has 23 heavy (non-hydrogen) atoms. The van der Waals surface area contributed by atoms with Gasteiger partial charge in [0.15, 0.2) is 16.3 Å². The Morgan fingerprint density at radius 2 is 2.04 bits per heavy atom. The van der Waals surface area contributed by atoms with Crippen LogP contribution >= 0.6 is 11.3 Å². The van der Waals surface area contributed by atoms with Crippen LogP contribution < -0.4 is 14.3 Å². The predicted molar refractivity (Wildman–Crippen MR) is 88.7 cm³/mol. The molecule has 0 spiro atoms. The zero-order valence-electron chi connectivity index (χ0n) is 13.2. The third-order valence-electron chi connectivity index (χ3n) is 4.77. The van der Waals surface area contributed by atoms with Crippen molar-refractivity contribution in [2.45, 2.75) is 38.5 Å². The molecule has 4 rings (SSSR count). The Balaban J connectivity index is 1.57. The number of benzene rings is 1. The van der Waals surface area contributed by atoms with E-state index in [0.29, 0.717) is 6.42 Å². The van der Waals surface area contributed by atoms with E-state index in [1.165, 1.54) is 37.0 Å². The Morgan fingerprint density at radius 3 is 2.83 bits per heavy atom. The number of carbonyl (C=O) groups is 1. The minimum absolute atomic E-state index is 0.0147. The summed E-state index contributed by atoms with van der Waals surface area (Å²) >= 11 is 1.52. The summed E-state index contributed by atoms with van der Waals surface area (Å²) in [6.45, 7) is 0.271. The minimum atomic E-state index is -0.0147. The molecule has 1 aromatic carbocycles. The molecule has 2 heterocycles. The lowest BCUT2D eigenvalue weighted by molar-refractivity contribution is -0.118. The van der Waals surface area contributed by atoms with Crippen LogP contribution in [0.5, 0.6) is 11.5 Å². The molecule has 0 saturated heterocycles. The summed E-state index contributed by atoms with van der Waals surface area (Å²) in [5.41, 5.74) is 1.02. The summed E-state index contributed by atoms with van der Waals surface area (Å²) in [5.74, 6) is 2.23. The molecule has 0 N–H and O–H groups in total. The maximum Gasteiger partial charge on any atom is 0.248 e. The van der Waals surface area contributed by atoms with Crippen molar-refractivity contribution in [1.82, 2.24) is 4.57 Å². The van der Waals surface area contributed by atoms with E-state index in [1.807, 2.05) is 23.7 Å². The number of thiazole rings is 1. The van der Waals surface area contributed by atoms with Gasteiger partial charge in [-0.15, -0.1) is 0 Å². The van der Waals surface area contributed by atoms with Gasteiger partial charge in [0, 0.05) is 25.6 Å². The van der Waals surface area contributed by atoms with Crippen molar-refractivity contribution in [2.75, 3.05) is 6.79 Å². The molecule has 1 amide bonds. The van der Waals surface area contributed by atoms with Gasteiger partial charge in [0.05, 0.1) is 10.2 Å². The third kappa shape index (κ3) is 2.87. The molecular weight excluding hydrogens is 312 g/mol. The van der Waals surface area contributed by atoms with E-state index >= 15 is 0 Å². The van der Waals surface area contributed by atoms with Crippen LogP contribution in [0.4, 0.5) is 0 Å². The summed E-state index contributed by atoms with van der Waals surface area (Å²) in [6, 6.07) is 3.92. The largest absolute Gasteiger partial charge is 0.454 e. The highest BCUT2D eigenvalue weighted by Crippen LogP contribution is 2.36. The van der Waals surface area contributed by atoms with E-state index in [1.54, 1.807) is 0 Å². The van der Waals surface area contributed by atoms with Crippen LogP contribution in [-0.2, 0) is 11.8 Å². The second-order valence-corrected chi connectivity index (χ2v) is 7.32. The Kier molecular flexibility index (Phi) is 3.85. The molecule has 5 nitrogen and oxygen atoms in total. The Hall–Kier alpha value is -1.82. The third-order valence-corrected chi connectivity index (χ3v) is 5.86. The van der Waals surface area contributed by atoms with Gasteiger partial charge in [0.2, 0.25) is 12.7 Å². The molecule has 1 aromatic heterocycles. The lowest BCUT2D eigenvalue weighted by Crippen LogP contribution is -2.13. The fraction of sp³-hybridized carbons (Fsp3) is 0.529. The number of hydrogen-bond acceptors (Lipinski definition) is 4. The van der Waals surface area contributed by atoms with Crippen molar-refractivity contribution >= 4 is 27.5 Å². The maximum absolute atomic E-state index is 12.2. The quantitative estimate of drug-likeness (QED) is 0.866. The van der Waals surface area contributed by atoms with Crippen LogP contribution in [0.1, 0.15) is 38.5 Å². The molecule has 0 radical (unpaired) electrons. The molecule has 122 valence electrons. The van der Waals surface area contributed by atoms with E-state index in [4.69, 9.17) is 9.47 Å². The summed E-state index contributed by atoms with van der Waals surface area (Å²) < 4.78 is 13.8. The van der Waals surface area contributed by atoms with Crippen LogP contribution in [0.25, 0.3) is 10.2 Å². The Morgan fingerprint density at radius 1 is 1.30 bits per heavy atom. The number of aromatic nitrogens is 1. The van der Waals surface area contributed by atoms with E-state index < -0.39 is 0 Å². The molecule has 2 aliphatic rings. The number of rotatable bonds is 3. The molecule has 0 bridgehead atoms. The van der Waals surface area contributed by atoms with Crippen LogP contribution in [-0.4, -0.2) is 17.3 Å². The number of aryl methyl sites for hydroxylation is 1. The van der Waals surface area contributed by atoms with Gasteiger partial charge in [-0.05, 0) is 12.3 Å². The van der Waals surface area contributed by atoms with Gasteiger partial charge in [-0.25, -0.2) is 0 Å². The first-order valence-corrected chi connectivity index (χ1v) is 8.99. The lowest BCUT2D eigenvalue weighted by atomic mass is 10.0. The first-order valence-electron chi connectivity index (χ1n) is 8.17. The molecule has 1 aliphatic carbocycles. The zero-order valence-corrected chi connectivity index (χ0v) is 14.0. The molecule has 1 saturated carbocycles. The smallest absolute Gasteiger partial charge is 0.248 e. The highest BCUT2D eigenvalue weighted by molar-refractivity contribution is 7.16. The highest BCUT2D eigenvalue weighted by Gasteiger charge is 2.18. The summed E-state index contributed by atoms with van der Waals surface area (Å²) in [5, 5.41) is 0. The topological polar surface area (TPSA) is 52.8 Å². The summed E-state index contributed by atoms with van der Waals surface area (Å²) in [4.78, 5) is 17.2. The second kappa shape index (κ2) is 6.00. The van der Waals surface area contributed by atoms with E-state index in [-0.39, 0.29) is 12.7 Å². The normalized spacial score (nSPS) is 18.2. The SMILES string of the molecule is Cn1c(=NC(=O)CCC2CCCC2)sc2cc3c(cc21)OCO3. The van der Waals surface area contributed by atoms with Gasteiger partial charge >= 0.3 is 0 Å². The van der Waals surface area contributed by atoms with Crippen molar-refractivity contribution in [1.29, 1.82) is 0 Å². The Bertz CT molecular complexity index is 815. The molecule has 0 atom stereocenters. The first kappa shape index (κ1) is 14.8. The van der Waals surface area contributed by atoms with Gasteiger partial charge in [-0.2, -0.15) is 4.99 Å². The molecule has 6 heteroatoms. The highest BCUT2D eigenvalue weighted by atomic mass is 32.1. The minimum Gasteiger partial charge on any atom is -0.454 e. The number of amides is 1. The van der Waals surface area contributed by atoms with Crippen LogP contribution in [0.2, 0.25) is 0 Å². The molecule has 2 aromatic rings. The van der Waals surface area contributed by atoms with Gasteiger partial charge < -0.3 is 14.0 Å². The van der Waals surface area contributed by atoms with E-state index in [0.717, 1.165) is 38.9 Å². The van der Waals surface area contributed by atoms with Gasteiger partial charge in [0.25, 0.3) is 0 Å². The van der Waals surface area contributed by atoms with Crippen molar-refractivity contribution < 1.29 is 14.3 Å². The molecule has 1 fully saturated rings. The lowest BCUT2D eigenvalue weighted by Gasteiger charge is -2.05. The molecule has 1 aliphatic heterocycles. The van der Waals surface area contributed by atoms with Crippen molar-refractivity contribution in [3.8, 4) is 11.5 Å². The number of fused-ring (bicyclic) bond motifs is 2. The average molecular weight is 332 g/mol. The van der Waals surface area contributed by atoms with Crippen molar-refractivity contribution in [3.63, 3.8) is 0 Å². The van der Waals surface area contributed by atoms with Crippen LogP contribution in [0.3, 0.4) is 0 Å². The average Bonchev–Trinajstić information content (AvgIpc) is 3.26. The fourth-order valence-electron chi connectivity index (χ4n) is 3.41. The first-order chi connectivity index (χ1) is 11.2. The van der Waals surface area contributed by atoms with E-state index in [9.17, 15) is 4.79 Å². The predicted octanol–water partition coefficient (Wildman–Crippen LogP) is 3.37. The summed E-state index contributed by atoms with van der Waals surface area (Å²) in [7, 11) is 1.93. The van der Waals surface area contributed by atoms with Gasteiger partial charge in [-0.3, -0.25) is 4.79 Å². The molecular formula is C17H20N2O3S. The van der Waals surface area contributed by atoms with E-state index in [2.05, 4.69) is 4.99 Å².